The van der Waals surface area contributed by atoms with Crippen LogP contribution in [-0.4, -0.2) is 25.7 Å². The molecular weight excluding hydrogens is 264 g/mol. The smallest absolute Gasteiger partial charge is 0.224 e. The van der Waals surface area contributed by atoms with Gasteiger partial charge in [-0.15, -0.1) is 0 Å². The van der Waals surface area contributed by atoms with Gasteiger partial charge in [-0.25, -0.2) is 0 Å². The van der Waals surface area contributed by atoms with Gasteiger partial charge in [0.25, 0.3) is 0 Å². The summed E-state index contributed by atoms with van der Waals surface area (Å²) >= 11 is 0. The molecule has 0 saturated carbocycles. The summed E-state index contributed by atoms with van der Waals surface area (Å²) in [5.41, 5.74) is 7.13. The Hall–Kier alpha value is -1.39. The standard InChI is InChI=1S/C17H28N2O2/c1-13(2)12-21-11-7-10-19-17(20)14(3)16(18)15-8-5-4-6-9-15/h4-6,8-9,13-14,16H,7,10-12,18H2,1-3H3,(H,19,20). The first-order chi connectivity index (χ1) is 10.0. The van der Waals surface area contributed by atoms with Gasteiger partial charge in [-0.05, 0) is 17.9 Å². The van der Waals surface area contributed by atoms with Crippen molar-refractivity contribution < 1.29 is 9.53 Å². The Labute approximate surface area is 128 Å². The van der Waals surface area contributed by atoms with Crippen LogP contribution in [0.5, 0.6) is 0 Å². The number of nitrogens with two attached hydrogens (primary N) is 1. The van der Waals surface area contributed by atoms with E-state index in [-0.39, 0.29) is 17.9 Å². The molecule has 2 atom stereocenters. The predicted molar refractivity (Wildman–Crippen MR) is 85.8 cm³/mol. The molecule has 4 heteroatoms. The number of rotatable bonds is 9. The van der Waals surface area contributed by atoms with Gasteiger partial charge in [-0.2, -0.15) is 0 Å². The van der Waals surface area contributed by atoms with Crippen molar-refractivity contribution in [3.8, 4) is 0 Å². The van der Waals surface area contributed by atoms with E-state index in [1.54, 1.807) is 0 Å². The van der Waals surface area contributed by atoms with Gasteiger partial charge in [-0.3, -0.25) is 4.79 Å². The Morgan fingerprint density at radius 1 is 1.24 bits per heavy atom. The molecule has 1 amide bonds. The third-order valence-corrected chi connectivity index (χ3v) is 3.35. The number of hydrogen-bond acceptors (Lipinski definition) is 3. The Morgan fingerprint density at radius 2 is 1.90 bits per heavy atom. The van der Waals surface area contributed by atoms with Gasteiger partial charge in [0.05, 0.1) is 5.92 Å². The van der Waals surface area contributed by atoms with Crippen molar-refractivity contribution in [1.82, 2.24) is 5.32 Å². The van der Waals surface area contributed by atoms with Crippen LogP contribution in [0, 0.1) is 11.8 Å². The van der Waals surface area contributed by atoms with Gasteiger partial charge in [-0.1, -0.05) is 51.1 Å². The van der Waals surface area contributed by atoms with E-state index in [0.29, 0.717) is 19.1 Å². The molecule has 0 spiro atoms. The molecule has 2 unspecified atom stereocenters. The van der Waals surface area contributed by atoms with Crippen molar-refractivity contribution in [3.05, 3.63) is 35.9 Å². The highest BCUT2D eigenvalue weighted by Gasteiger charge is 2.21. The largest absolute Gasteiger partial charge is 0.381 e. The number of carbonyl (C=O) groups is 1. The zero-order valence-corrected chi connectivity index (χ0v) is 13.3. The van der Waals surface area contributed by atoms with Crippen molar-refractivity contribution in [2.45, 2.75) is 33.2 Å². The summed E-state index contributed by atoms with van der Waals surface area (Å²) in [6.07, 6.45) is 0.825. The van der Waals surface area contributed by atoms with E-state index in [1.165, 1.54) is 0 Å². The summed E-state index contributed by atoms with van der Waals surface area (Å²) in [4.78, 5) is 12.1. The molecule has 1 aromatic carbocycles. The second-order valence-corrected chi connectivity index (χ2v) is 5.84. The zero-order chi connectivity index (χ0) is 15.7. The number of carbonyl (C=O) groups excluding carboxylic acids is 1. The molecule has 118 valence electrons. The van der Waals surface area contributed by atoms with Gasteiger partial charge in [0.2, 0.25) is 5.91 Å². The molecule has 1 aromatic rings. The average Bonchev–Trinajstić information content (AvgIpc) is 2.49. The van der Waals surface area contributed by atoms with Crippen LogP contribution in [0.4, 0.5) is 0 Å². The van der Waals surface area contributed by atoms with E-state index in [4.69, 9.17) is 10.5 Å². The van der Waals surface area contributed by atoms with Crippen molar-refractivity contribution >= 4 is 5.91 Å². The summed E-state index contributed by atoms with van der Waals surface area (Å²) in [5.74, 6) is 0.294. The quantitative estimate of drug-likeness (QED) is 0.687. The average molecular weight is 292 g/mol. The molecule has 0 aliphatic carbocycles. The lowest BCUT2D eigenvalue weighted by atomic mass is 9.95. The predicted octanol–water partition coefficient (Wildman–Crippen LogP) is 2.50. The Kier molecular flexibility index (Phi) is 8.01. The molecule has 1 rings (SSSR count). The first kappa shape index (κ1) is 17.7. The first-order valence-electron chi connectivity index (χ1n) is 7.68. The number of benzene rings is 1. The molecule has 0 fully saturated rings. The number of amides is 1. The third kappa shape index (κ3) is 6.74. The summed E-state index contributed by atoms with van der Waals surface area (Å²) in [6.45, 7) is 8.18. The van der Waals surface area contributed by atoms with Crippen LogP contribution >= 0.6 is 0 Å². The number of ether oxygens (including phenoxy) is 1. The minimum Gasteiger partial charge on any atom is -0.381 e. The fourth-order valence-corrected chi connectivity index (χ4v) is 1.99. The Morgan fingerprint density at radius 3 is 2.52 bits per heavy atom. The lowest BCUT2D eigenvalue weighted by molar-refractivity contribution is -0.125. The monoisotopic (exact) mass is 292 g/mol. The summed E-state index contributed by atoms with van der Waals surface area (Å²) < 4.78 is 5.48. The highest BCUT2D eigenvalue weighted by molar-refractivity contribution is 5.79. The fraction of sp³-hybridized carbons (Fsp3) is 0.588. The number of nitrogens with one attached hydrogen (secondary N) is 1. The van der Waals surface area contributed by atoms with Gasteiger partial charge in [0.1, 0.15) is 0 Å². The molecule has 21 heavy (non-hydrogen) atoms. The van der Waals surface area contributed by atoms with Crippen LogP contribution in [0.25, 0.3) is 0 Å². The molecule has 0 heterocycles. The highest BCUT2D eigenvalue weighted by Crippen LogP contribution is 2.18. The van der Waals surface area contributed by atoms with Crippen molar-refractivity contribution in [2.75, 3.05) is 19.8 Å². The van der Waals surface area contributed by atoms with Crippen LogP contribution in [0.15, 0.2) is 30.3 Å². The van der Waals surface area contributed by atoms with E-state index >= 15 is 0 Å². The van der Waals surface area contributed by atoms with Crippen LogP contribution in [-0.2, 0) is 9.53 Å². The van der Waals surface area contributed by atoms with Crippen LogP contribution in [0.1, 0.15) is 38.8 Å². The summed E-state index contributed by atoms with van der Waals surface area (Å²) in [7, 11) is 0. The Balaban J connectivity index is 2.25. The van der Waals surface area contributed by atoms with E-state index in [1.807, 2.05) is 37.3 Å². The van der Waals surface area contributed by atoms with Crippen molar-refractivity contribution in [1.29, 1.82) is 0 Å². The number of hydrogen-bond donors (Lipinski definition) is 2. The summed E-state index contributed by atoms with van der Waals surface area (Å²) in [5, 5.41) is 2.92. The lowest BCUT2D eigenvalue weighted by Crippen LogP contribution is -2.36. The fourth-order valence-electron chi connectivity index (χ4n) is 1.99. The van der Waals surface area contributed by atoms with Gasteiger partial charge in [0.15, 0.2) is 0 Å². The van der Waals surface area contributed by atoms with Gasteiger partial charge < -0.3 is 15.8 Å². The van der Waals surface area contributed by atoms with Gasteiger partial charge >= 0.3 is 0 Å². The summed E-state index contributed by atoms with van der Waals surface area (Å²) in [6, 6.07) is 9.45. The molecule has 0 aliphatic heterocycles. The molecule has 0 aliphatic rings. The molecule has 0 radical (unpaired) electrons. The van der Waals surface area contributed by atoms with E-state index < -0.39 is 0 Å². The highest BCUT2D eigenvalue weighted by atomic mass is 16.5. The first-order valence-corrected chi connectivity index (χ1v) is 7.68. The normalized spacial score (nSPS) is 14.0. The maximum absolute atomic E-state index is 12.1. The van der Waals surface area contributed by atoms with Crippen molar-refractivity contribution in [3.63, 3.8) is 0 Å². The van der Waals surface area contributed by atoms with E-state index in [9.17, 15) is 4.79 Å². The second kappa shape index (κ2) is 9.53. The third-order valence-electron chi connectivity index (χ3n) is 3.35. The molecule has 0 bridgehead atoms. The van der Waals surface area contributed by atoms with Crippen LogP contribution in [0.2, 0.25) is 0 Å². The minimum atomic E-state index is -0.275. The maximum atomic E-state index is 12.1. The molecule has 0 saturated heterocycles. The molecule has 3 N–H and O–H groups in total. The molecule has 0 aromatic heterocycles. The minimum absolute atomic E-state index is 0.00443. The maximum Gasteiger partial charge on any atom is 0.224 e. The van der Waals surface area contributed by atoms with Crippen molar-refractivity contribution in [2.24, 2.45) is 17.6 Å². The molecular formula is C17H28N2O2. The van der Waals surface area contributed by atoms with Gasteiger partial charge in [0, 0.05) is 25.8 Å². The molecule has 4 nitrogen and oxygen atoms in total. The topological polar surface area (TPSA) is 64.3 Å². The second-order valence-electron chi connectivity index (χ2n) is 5.84. The van der Waals surface area contributed by atoms with Crippen LogP contribution in [0.3, 0.4) is 0 Å². The Bertz CT molecular complexity index is 407. The van der Waals surface area contributed by atoms with E-state index in [2.05, 4.69) is 19.2 Å². The van der Waals surface area contributed by atoms with Crippen LogP contribution < -0.4 is 11.1 Å². The lowest BCUT2D eigenvalue weighted by Gasteiger charge is -2.19. The zero-order valence-electron chi connectivity index (χ0n) is 13.3. The SMILES string of the molecule is CC(C)COCCCNC(=O)C(C)C(N)c1ccccc1. The van der Waals surface area contributed by atoms with E-state index in [0.717, 1.165) is 18.6 Å².